The smallest absolute Gasteiger partial charge is 0.193 e. The number of hydrogen-bond donors (Lipinski definition) is 1. The Morgan fingerprint density at radius 2 is 1.91 bits per heavy atom. The van der Waals surface area contributed by atoms with Gasteiger partial charge in [-0.2, -0.15) is 0 Å². The monoisotopic (exact) mass is 323 g/mol. The van der Waals surface area contributed by atoms with Crippen LogP contribution in [0, 0.1) is 11.3 Å². The molecule has 132 valence electrons. The van der Waals surface area contributed by atoms with Gasteiger partial charge in [0.2, 0.25) is 0 Å². The Kier molecular flexibility index (Phi) is 5.81. The molecule has 0 radical (unpaired) electrons. The summed E-state index contributed by atoms with van der Waals surface area (Å²) in [6.45, 7) is 4.82. The van der Waals surface area contributed by atoms with Gasteiger partial charge < -0.3 is 19.7 Å². The van der Waals surface area contributed by atoms with Crippen LogP contribution in [0.5, 0.6) is 0 Å². The minimum Gasteiger partial charge on any atom is -0.385 e. The average Bonchev–Trinajstić information content (AvgIpc) is 3.47. The minimum atomic E-state index is 0.405. The third-order valence-electron chi connectivity index (χ3n) is 5.73. The average molecular weight is 323 g/mol. The number of piperidine rings is 1. The molecule has 0 amide bonds. The zero-order chi connectivity index (χ0) is 16.1. The molecule has 0 unspecified atom stereocenters. The van der Waals surface area contributed by atoms with E-state index >= 15 is 0 Å². The molecule has 2 aliphatic carbocycles. The first kappa shape index (κ1) is 17.0. The fraction of sp³-hybridized carbons (Fsp3) is 0.944. The van der Waals surface area contributed by atoms with Crippen molar-refractivity contribution in [2.45, 2.75) is 51.0 Å². The molecule has 0 atom stereocenters. The molecule has 2 saturated carbocycles. The molecule has 23 heavy (non-hydrogen) atoms. The van der Waals surface area contributed by atoms with Crippen LogP contribution in [0.4, 0.5) is 0 Å². The lowest BCUT2D eigenvalue weighted by molar-refractivity contribution is 0.00986. The second-order valence-corrected chi connectivity index (χ2v) is 7.44. The maximum absolute atomic E-state index is 5.94. The fourth-order valence-corrected chi connectivity index (χ4v) is 3.86. The number of guanidine groups is 1. The number of ether oxygens (including phenoxy) is 2. The Morgan fingerprint density at radius 1 is 1.17 bits per heavy atom. The molecule has 5 nitrogen and oxygen atoms in total. The van der Waals surface area contributed by atoms with Gasteiger partial charge >= 0.3 is 0 Å². The summed E-state index contributed by atoms with van der Waals surface area (Å²) in [6.07, 6.45) is 9.32. The molecule has 1 heterocycles. The van der Waals surface area contributed by atoms with Crippen molar-refractivity contribution in [2.75, 3.05) is 47.0 Å². The Bertz CT molecular complexity index is 397. The van der Waals surface area contributed by atoms with Crippen LogP contribution in [0.25, 0.3) is 0 Å². The van der Waals surface area contributed by atoms with Crippen molar-refractivity contribution in [3.8, 4) is 0 Å². The third-order valence-corrected chi connectivity index (χ3v) is 5.73. The van der Waals surface area contributed by atoms with Crippen LogP contribution < -0.4 is 5.32 Å². The van der Waals surface area contributed by atoms with Gasteiger partial charge in [-0.15, -0.1) is 0 Å². The summed E-state index contributed by atoms with van der Waals surface area (Å²) in [5, 5.41) is 3.66. The lowest BCUT2D eigenvalue weighted by atomic mass is 10.0. The van der Waals surface area contributed by atoms with Crippen LogP contribution in [0.15, 0.2) is 4.99 Å². The lowest BCUT2D eigenvalue weighted by Gasteiger charge is -2.34. The van der Waals surface area contributed by atoms with E-state index in [0.29, 0.717) is 11.5 Å². The first-order chi connectivity index (χ1) is 11.3. The van der Waals surface area contributed by atoms with Gasteiger partial charge in [-0.3, -0.25) is 4.99 Å². The number of aliphatic imine (C=N–C) groups is 1. The molecule has 3 rings (SSSR count). The molecule has 0 aromatic heterocycles. The second-order valence-electron chi connectivity index (χ2n) is 7.44. The highest BCUT2D eigenvalue weighted by atomic mass is 16.5. The van der Waals surface area contributed by atoms with Crippen LogP contribution >= 0.6 is 0 Å². The van der Waals surface area contributed by atoms with Gasteiger partial charge in [0.15, 0.2) is 5.96 Å². The zero-order valence-electron chi connectivity index (χ0n) is 14.9. The number of nitrogens with zero attached hydrogens (tertiary/aromatic N) is 2. The van der Waals surface area contributed by atoms with Crippen LogP contribution in [-0.2, 0) is 9.47 Å². The van der Waals surface area contributed by atoms with E-state index in [1.807, 2.05) is 7.05 Å². The van der Waals surface area contributed by atoms with Gasteiger partial charge in [0.25, 0.3) is 0 Å². The van der Waals surface area contributed by atoms with Crippen LogP contribution in [0.1, 0.15) is 44.9 Å². The molecule has 0 aromatic rings. The molecule has 0 spiro atoms. The van der Waals surface area contributed by atoms with Crippen molar-refractivity contribution in [2.24, 2.45) is 16.3 Å². The Morgan fingerprint density at radius 3 is 2.48 bits per heavy atom. The molecule has 1 aliphatic heterocycles. The molecular formula is C18H33N3O2. The van der Waals surface area contributed by atoms with Crippen molar-refractivity contribution >= 4 is 5.96 Å². The predicted molar refractivity (Wildman–Crippen MR) is 92.8 cm³/mol. The van der Waals surface area contributed by atoms with Gasteiger partial charge in [-0.25, -0.2) is 0 Å². The van der Waals surface area contributed by atoms with E-state index in [4.69, 9.17) is 9.47 Å². The summed E-state index contributed by atoms with van der Waals surface area (Å²) in [7, 11) is 3.65. The Hall–Kier alpha value is -0.810. The third kappa shape index (κ3) is 4.60. The standard InChI is InChI=1S/C18H33N3O2/c1-19-17(20-14-18(8-9-18)15-4-5-15)21-10-6-16(7-11-21)23-13-3-12-22-2/h15-16H,3-14H2,1-2H3,(H,19,20). The van der Waals surface area contributed by atoms with Crippen LogP contribution in [0.2, 0.25) is 0 Å². The van der Waals surface area contributed by atoms with Crippen molar-refractivity contribution in [3.05, 3.63) is 0 Å². The normalized spacial score (nSPS) is 24.8. The molecule has 3 aliphatic rings. The first-order valence-electron chi connectivity index (χ1n) is 9.33. The van der Waals surface area contributed by atoms with E-state index in [-0.39, 0.29) is 0 Å². The van der Waals surface area contributed by atoms with Gasteiger partial charge in [0, 0.05) is 47.0 Å². The largest absolute Gasteiger partial charge is 0.385 e. The fourth-order valence-electron chi connectivity index (χ4n) is 3.86. The summed E-state index contributed by atoms with van der Waals surface area (Å²) < 4.78 is 11.0. The maximum atomic E-state index is 5.94. The van der Waals surface area contributed by atoms with Gasteiger partial charge in [0.1, 0.15) is 0 Å². The topological polar surface area (TPSA) is 46.1 Å². The van der Waals surface area contributed by atoms with Gasteiger partial charge in [-0.05, 0) is 56.3 Å². The SMILES string of the molecule is CN=C(NCC1(C2CC2)CC1)N1CCC(OCCCOC)CC1. The van der Waals surface area contributed by atoms with Crippen molar-refractivity contribution in [1.82, 2.24) is 10.2 Å². The van der Waals surface area contributed by atoms with E-state index < -0.39 is 0 Å². The van der Waals surface area contributed by atoms with Gasteiger partial charge in [-0.1, -0.05) is 0 Å². The molecule has 1 N–H and O–H groups in total. The molecule has 3 fully saturated rings. The molecule has 0 bridgehead atoms. The molecule has 1 saturated heterocycles. The summed E-state index contributed by atoms with van der Waals surface area (Å²) in [6, 6.07) is 0. The van der Waals surface area contributed by atoms with Crippen LogP contribution in [0.3, 0.4) is 0 Å². The quantitative estimate of drug-likeness (QED) is 0.423. The zero-order valence-corrected chi connectivity index (χ0v) is 14.9. The van der Waals surface area contributed by atoms with Crippen molar-refractivity contribution < 1.29 is 9.47 Å². The van der Waals surface area contributed by atoms with Crippen molar-refractivity contribution in [1.29, 1.82) is 0 Å². The first-order valence-corrected chi connectivity index (χ1v) is 9.33. The Balaban J connectivity index is 1.36. The maximum Gasteiger partial charge on any atom is 0.193 e. The highest BCUT2D eigenvalue weighted by Gasteiger charge is 2.53. The van der Waals surface area contributed by atoms with E-state index in [9.17, 15) is 0 Å². The summed E-state index contributed by atoms with van der Waals surface area (Å²) in [4.78, 5) is 6.91. The van der Waals surface area contributed by atoms with Gasteiger partial charge in [0.05, 0.1) is 6.10 Å². The van der Waals surface area contributed by atoms with E-state index in [2.05, 4.69) is 15.2 Å². The summed E-state index contributed by atoms with van der Waals surface area (Å²) >= 11 is 0. The van der Waals surface area contributed by atoms with E-state index in [0.717, 1.165) is 64.0 Å². The summed E-state index contributed by atoms with van der Waals surface area (Å²) in [5.74, 6) is 2.09. The molecular weight excluding hydrogens is 290 g/mol. The number of hydrogen-bond acceptors (Lipinski definition) is 3. The number of methoxy groups -OCH3 is 1. The number of rotatable bonds is 8. The van der Waals surface area contributed by atoms with Crippen molar-refractivity contribution in [3.63, 3.8) is 0 Å². The highest BCUT2D eigenvalue weighted by Crippen LogP contribution is 2.60. The number of likely N-dealkylation sites (tertiary alicyclic amines) is 1. The van der Waals surface area contributed by atoms with Crippen LogP contribution in [-0.4, -0.2) is 64.0 Å². The highest BCUT2D eigenvalue weighted by molar-refractivity contribution is 5.80. The minimum absolute atomic E-state index is 0.405. The van der Waals surface area contributed by atoms with E-state index in [1.54, 1.807) is 7.11 Å². The Labute approximate surface area is 140 Å². The summed E-state index contributed by atoms with van der Waals surface area (Å²) in [5.41, 5.74) is 0.624. The molecule has 5 heteroatoms. The molecule has 0 aromatic carbocycles. The number of nitrogens with one attached hydrogen (secondary N) is 1. The van der Waals surface area contributed by atoms with E-state index in [1.165, 1.54) is 25.7 Å². The second kappa shape index (κ2) is 7.84. The predicted octanol–water partition coefficient (Wildman–Crippen LogP) is 2.27. The lowest BCUT2D eigenvalue weighted by Crippen LogP contribution is -2.48.